The maximum absolute atomic E-state index is 12.6. The summed E-state index contributed by atoms with van der Waals surface area (Å²) in [6, 6.07) is 3.01. The normalized spacial score (nSPS) is 10.5. The SMILES string of the molecule is NCCc1csc(-c2ccc(F)cn2)n1. The lowest BCUT2D eigenvalue weighted by molar-refractivity contribution is 0.622. The van der Waals surface area contributed by atoms with Gasteiger partial charge in [0.15, 0.2) is 0 Å². The molecule has 0 amide bonds. The fraction of sp³-hybridized carbons (Fsp3) is 0.200. The number of nitrogens with two attached hydrogens (primary N) is 1. The number of pyridine rings is 1. The standard InChI is InChI=1S/C10H10FN3S/c11-7-1-2-9(13-5-7)10-14-8(3-4-12)6-15-10/h1-2,5-6H,3-4,12H2. The molecule has 2 N–H and O–H groups in total. The Morgan fingerprint density at radius 3 is 2.93 bits per heavy atom. The fourth-order valence-electron chi connectivity index (χ4n) is 1.19. The molecule has 0 unspecified atom stereocenters. The molecule has 78 valence electrons. The summed E-state index contributed by atoms with van der Waals surface area (Å²) in [6.45, 7) is 0.583. The highest BCUT2D eigenvalue weighted by Crippen LogP contribution is 2.21. The van der Waals surface area contributed by atoms with Crippen molar-refractivity contribution in [1.29, 1.82) is 0 Å². The maximum Gasteiger partial charge on any atom is 0.142 e. The van der Waals surface area contributed by atoms with Gasteiger partial charge < -0.3 is 5.73 Å². The monoisotopic (exact) mass is 223 g/mol. The second-order valence-corrected chi connectivity index (χ2v) is 3.90. The Labute approximate surface area is 90.8 Å². The third-order valence-corrected chi connectivity index (χ3v) is 2.81. The second kappa shape index (κ2) is 4.46. The molecule has 0 aliphatic carbocycles. The number of hydrogen-bond donors (Lipinski definition) is 1. The average molecular weight is 223 g/mol. The van der Waals surface area contributed by atoms with Gasteiger partial charge in [-0.3, -0.25) is 4.98 Å². The van der Waals surface area contributed by atoms with Crippen molar-refractivity contribution in [2.75, 3.05) is 6.54 Å². The molecule has 0 spiro atoms. The molecule has 0 saturated heterocycles. The lowest BCUT2D eigenvalue weighted by atomic mass is 10.3. The summed E-state index contributed by atoms with van der Waals surface area (Å²) >= 11 is 1.50. The Morgan fingerprint density at radius 2 is 2.27 bits per heavy atom. The zero-order valence-electron chi connectivity index (χ0n) is 7.98. The topological polar surface area (TPSA) is 51.8 Å². The van der Waals surface area contributed by atoms with Gasteiger partial charge in [-0.25, -0.2) is 9.37 Å². The van der Waals surface area contributed by atoms with Crippen LogP contribution in [0.15, 0.2) is 23.7 Å². The molecule has 0 fully saturated rings. The Hall–Kier alpha value is -1.33. The first-order valence-electron chi connectivity index (χ1n) is 4.56. The van der Waals surface area contributed by atoms with Gasteiger partial charge in [-0.15, -0.1) is 11.3 Å². The van der Waals surface area contributed by atoms with E-state index in [-0.39, 0.29) is 5.82 Å². The van der Waals surface area contributed by atoms with Crippen LogP contribution in [0.3, 0.4) is 0 Å². The summed E-state index contributed by atoms with van der Waals surface area (Å²) in [5, 5.41) is 2.76. The van der Waals surface area contributed by atoms with Crippen LogP contribution in [0, 0.1) is 5.82 Å². The van der Waals surface area contributed by atoms with Crippen LogP contribution in [0.1, 0.15) is 5.69 Å². The highest BCUT2D eigenvalue weighted by atomic mass is 32.1. The van der Waals surface area contributed by atoms with Gasteiger partial charge >= 0.3 is 0 Å². The van der Waals surface area contributed by atoms with Gasteiger partial charge in [-0.1, -0.05) is 0 Å². The summed E-state index contributed by atoms with van der Waals surface area (Å²) < 4.78 is 12.6. The van der Waals surface area contributed by atoms with Gasteiger partial charge in [0.2, 0.25) is 0 Å². The van der Waals surface area contributed by atoms with Crippen molar-refractivity contribution in [2.24, 2.45) is 5.73 Å². The van der Waals surface area contributed by atoms with E-state index >= 15 is 0 Å². The summed E-state index contributed by atoms with van der Waals surface area (Å²) in [5.74, 6) is -0.336. The van der Waals surface area contributed by atoms with Crippen LogP contribution in [-0.4, -0.2) is 16.5 Å². The molecule has 15 heavy (non-hydrogen) atoms. The summed E-state index contributed by atoms with van der Waals surface area (Å²) in [6.07, 6.45) is 1.96. The van der Waals surface area contributed by atoms with Gasteiger partial charge in [0.05, 0.1) is 17.6 Å². The molecular weight excluding hydrogens is 213 g/mol. The molecule has 0 aliphatic heterocycles. The van der Waals surface area contributed by atoms with E-state index in [1.807, 2.05) is 5.38 Å². The summed E-state index contributed by atoms with van der Waals surface area (Å²) in [4.78, 5) is 8.32. The van der Waals surface area contributed by atoms with E-state index in [2.05, 4.69) is 9.97 Å². The van der Waals surface area contributed by atoms with Crippen LogP contribution in [0.5, 0.6) is 0 Å². The number of thiazole rings is 1. The first-order valence-corrected chi connectivity index (χ1v) is 5.44. The Bertz CT molecular complexity index is 438. The Kier molecular flexibility index (Phi) is 3.03. The first-order chi connectivity index (χ1) is 7.29. The van der Waals surface area contributed by atoms with Gasteiger partial charge in [0, 0.05) is 11.8 Å². The predicted octanol–water partition coefficient (Wildman–Crippen LogP) is 1.85. The van der Waals surface area contributed by atoms with E-state index in [0.717, 1.165) is 17.1 Å². The molecule has 0 radical (unpaired) electrons. The predicted molar refractivity (Wildman–Crippen MR) is 58.1 cm³/mol. The van der Waals surface area contributed by atoms with E-state index in [1.54, 1.807) is 6.07 Å². The van der Waals surface area contributed by atoms with Crippen molar-refractivity contribution in [3.8, 4) is 10.7 Å². The number of rotatable bonds is 3. The fourth-order valence-corrected chi connectivity index (χ4v) is 2.02. The Morgan fingerprint density at radius 1 is 1.40 bits per heavy atom. The van der Waals surface area contributed by atoms with Gasteiger partial charge in [-0.05, 0) is 18.7 Å². The van der Waals surface area contributed by atoms with Crippen LogP contribution in [0.4, 0.5) is 4.39 Å². The van der Waals surface area contributed by atoms with Gasteiger partial charge in [-0.2, -0.15) is 0 Å². The number of hydrogen-bond acceptors (Lipinski definition) is 4. The van der Waals surface area contributed by atoms with Crippen molar-refractivity contribution in [3.05, 3.63) is 35.2 Å². The zero-order valence-corrected chi connectivity index (χ0v) is 8.80. The van der Waals surface area contributed by atoms with E-state index in [0.29, 0.717) is 12.2 Å². The van der Waals surface area contributed by atoms with Crippen LogP contribution < -0.4 is 5.73 Å². The van der Waals surface area contributed by atoms with E-state index in [1.165, 1.54) is 23.6 Å². The van der Waals surface area contributed by atoms with Gasteiger partial charge in [0.25, 0.3) is 0 Å². The van der Waals surface area contributed by atoms with Crippen molar-refractivity contribution in [2.45, 2.75) is 6.42 Å². The molecule has 0 aliphatic rings. The third-order valence-electron chi connectivity index (χ3n) is 1.90. The third kappa shape index (κ3) is 2.37. The molecule has 2 rings (SSSR count). The minimum Gasteiger partial charge on any atom is -0.330 e. The smallest absolute Gasteiger partial charge is 0.142 e. The highest BCUT2D eigenvalue weighted by Gasteiger charge is 2.05. The largest absolute Gasteiger partial charge is 0.330 e. The summed E-state index contributed by atoms with van der Waals surface area (Å²) in [7, 11) is 0. The number of aromatic nitrogens is 2. The summed E-state index contributed by atoms with van der Waals surface area (Å²) in [5.41, 5.74) is 7.09. The zero-order chi connectivity index (χ0) is 10.7. The van der Waals surface area contributed by atoms with Crippen molar-refractivity contribution in [3.63, 3.8) is 0 Å². The lowest BCUT2D eigenvalue weighted by Gasteiger charge is -1.94. The molecule has 3 nitrogen and oxygen atoms in total. The minimum absolute atomic E-state index is 0.336. The van der Waals surface area contributed by atoms with Crippen LogP contribution in [0.2, 0.25) is 0 Å². The molecule has 0 atom stereocenters. The van der Waals surface area contributed by atoms with Gasteiger partial charge in [0.1, 0.15) is 10.8 Å². The molecule has 0 saturated carbocycles. The molecular formula is C10H10FN3S. The van der Waals surface area contributed by atoms with Crippen LogP contribution in [0.25, 0.3) is 10.7 Å². The van der Waals surface area contributed by atoms with Crippen molar-refractivity contribution < 1.29 is 4.39 Å². The van der Waals surface area contributed by atoms with E-state index < -0.39 is 0 Å². The lowest BCUT2D eigenvalue weighted by Crippen LogP contribution is -2.02. The highest BCUT2D eigenvalue weighted by molar-refractivity contribution is 7.13. The van der Waals surface area contributed by atoms with E-state index in [4.69, 9.17) is 5.73 Å². The second-order valence-electron chi connectivity index (χ2n) is 3.04. The van der Waals surface area contributed by atoms with Crippen molar-refractivity contribution >= 4 is 11.3 Å². The number of nitrogens with zero attached hydrogens (tertiary/aromatic N) is 2. The van der Waals surface area contributed by atoms with Crippen LogP contribution in [-0.2, 0) is 6.42 Å². The minimum atomic E-state index is -0.336. The van der Waals surface area contributed by atoms with Crippen LogP contribution >= 0.6 is 11.3 Å². The van der Waals surface area contributed by atoms with E-state index in [9.17, 15) is 4.39 Å². The first kappa shape index (κ1) is 10.2. The number of halogens is 1. The molecule has 0 aromatic carbocycles. The average Bonchev–Trinajstić information content (AvgIpc) is 2.68. The molecule has 2 aromatic rings. The molecule has 5 heteroatoms. The Balaban J connectivity index is 2.25. The quantitative estimate of drug-likeness (QED) is 0.863. The molecule has 2 heterocycles. The molecule has 0 bridgehead atoms. The van der Waals surface area contributed by atoms with Crippen molar-refractivity contribution in [1.82, 2.24) is 9.97 Å². The molecule has 2 aromatic heterocycles. The maximum atomic E-state index is 12.6.